The van der Waals surface area contributed by atoms with E-state index in [0.717, 1.165) is 45.2 Å². The molecule has 4 rings (SSSR count). The van der Waals surface area contributed by atoms with Crippen molar-refractivity contribution < 1.29 is 9.45 Å². The molecule has 2 aromatic rings. The maximum Gasteiger partial charge on any atom is 0.293 e. The van der Waals surface area contributed by atoms with Gasteiger partial charge in [0.15, 0.2) is 5.82 Å². The van der Waals surface area contributed by atoms with E-state index >= 15 is 0 Å². The molecule has 2 aliphatic rings. The van der Waals surface area contributed by atoms with Gasteiger partial charge in [0, 0.05) is 24.7 Å². The van der Waals surface area contributed by atoms with E-state index in [1.807, 2.05) is 4.90 Å². The van der Waals surface area contributed by atoms with Crippen LogP contribution < -0.4 is 10.6 Å². The van der Waals surface area contributed by atoms with Crippen LogP contribution in [-0.2, 0) is 5.54 Å². The third-order valence-electron chi connectivity index (χ3n) is 4.98. The van der Waals surface area contributed by atoms with Crippen LogP contribution in [0.4, 0.5) is 11.4 Å². The lowest BCUT2D eigenvalue weighted by molar-refractivity contribution is -0.384. The zero-order chi connectivity index (χ0) is 16.7. The number of halogens is 1. The lowest BCUT2D eigenvalue weighted by atomic mass is 9.77. The van der Waals surface area contributed by atoms with Gasteiger partial charge < -0.3 is 15.2 Å². The smallest absolute Gasteiger partial charge is 0.293 e. The summed E-state index contributed by atoms with van der Waals surface area (Å²) in [6, 6.07) is 5.07. The second-order valence-corrected chi connectivity index (χ2v) is 6.59. The number of aromatic nitrogens is 2. The highest BCUT2D eigenvalue weighted by Gasteiger charge is 2.39. The van der Waals surface area contributed by atoms with E-state index in [-0.39, 0.29) is 28.9 Å². The summed E-state index contributed by atoms with van der Waals surface area (Å²) in [6.07, 6.45) is 4.84. The monoisotopic (exact) mass is 365 g/mol. The van der Waals surface area contributed by atoms with Gasteiger partial charge in [-0.1, -0.05) is 5.16 Å². The van der Waals surface area contributed by atoms with E-state index in [2.05, 4.69) is 10.1 Å². The van der Waals surface area contributed by atoms with Gasteiger partial charge in [0.25, 0.3) is 11.6 Å². The third kappa shape index (κ3) is 3.07. The number of anilines is 1. The van der Waals surface area contributed by atoms with Crippen LogP contribution in [0.5, 0.6) is 0 Å². The van der Waals surface area contributed by atoms with Gasteiger partial charge in [-0.05, 0) is 44.2 Å². The molecule has 25 heavy (non-hydrogen) atoms. The van der Waals surface area contributed by atoms with E-state index in [0.29, 0.717) is 17.1 Å². The van der Waals surface area contributed by atoms with Crippen LogP contribution in [0.2, 0.25) is 0 Å². The summed E-state index contributed by atoms with van der Waals surface area (Å²) in [7, 11) is 0. The minimum Gasteiger partial charge on any atom is -0.366 e. The van der Waals surface area contributed by atoms with Gasteiger partial charge >= 0.3 is 0 Å². The average molecular weight is 366 g/mol. The molecule has 0 radical (unpaired) electrons. The fraction of sp³-hybridized carbons (Fsp3) is 0.500. The van der Waals surface area contributed by atoms with Crippen molar-refractivity contribution in [1.29, 1.82) is 0 Å². The molecule has 134 valence electrons. The quantitative estimate of drug-likeness (QED) is 0.654. The molecule has 2 fully saturated rings. The largest absolute Gasteiger partial charge is 0.366 e. The second-order valence-electron chi connectivity index (χ2n) is 6.59. The van der Waals surface area contributed by atoms with E-state index in [4.69, 9.17) is 10.3 Å². The van der Waals surface area contributed by atoms with E-state index in [1.54, 1.807) is 12.1 Å². The highest BCUT2D eigenvalue weighted by atomic mass is 35.5. The van der Waals surface area contributed by atoms with E-state index in [1.165, 1.54) is 6.07 Å². The minimum atomic E-state index is -0.511. The van der Waals surface area contributed by atoms with Crippen LogP contribution in [0, 0.1) is 10.1 Å². The maximum atomic E-state index is 11.5. The van der Waals surface area contributed by atoms with Gasteiger partial charge in [-0.25, -0.2) is 0 Å². The number of nitro groups is 1. The van der Waals surface area contributed by atoms with Crippen molar-refractivity contribution in [2.45, 2.75) is 37.6 Å². The summed E-state index contributed by atoms with van der Waals surface area (Å²) < 4.78 is 5.30. The first kappa shape index (κ1) is 17.6. The molecular weight excluding hydrogens is 346 g/mol. The Labute approximate surface area is 150 Å². The van der Waals surface area contributed by atoms with Crippen LogP contribution in [0.3, 0.4) is 0 Å². The molecule has 0 spiro atoms. The summed E-state index contributed by atoms with van der Waals surface area (Å²) in [4.78, 5) is 17.5. The van der Waals surface area contributed by atoms with Crippen LogP contribution >= 0.6 is 12.4 Å². The molecule has 1 aliphatic heterocycles. The Balaban J connectivity index is 0.00000182. The SMILES string of the molecule is Cl.NC1(c2noc(-c3ccc(N4CCCC4)c([N+](=O)[O-])c3)n2)CCC1. The summed E-state index contributed by atoms with van der Waals surface area (Å²) in [5, 5.41) is 15.4. The van der Waals surface area contributed by atoms with Gasteiger partial charge in [0.1, 0.15) is 5.69 Å². The standard InChI is InChI=1S/C16H19N5O3.ClH/c17-16(6-3-7-16)15-18-14(24-19-15)11-4-5-12(13(10-11)21(22)23)20-8-1-2-9-20;/h4-5,10H,1-3,6-9,17H2;1H. The number of hydrogen-bond donors (Lipinski definition) is 1. The van der Waals surface area contributed by atoms with Crippen molar-refractivity contribution in [3.05, 3.63) is 34.1 Å². The molecule has 1 aromatic carbocycles. The lowest BCUT2D eigenvalue weighted by Crippen LogP contribution is -2.44. The Bertz CT molecular complexity index is 784. The number of nitro benzene ring substituents is 1. The van der Waals surface area contributed by atoms with Crippen molar-refractivity contribution in [2.75, 3.05) is 18.0 Å². The molecule has 2 N–H and O–H groups in total. The third-order valence-corrected chi connectivity index (χ3v) is 4.98. The molecule has 0 bridgehead atoms. The molecule has 9 heteroatoms. The number of nitrogens with two attached hydrogens (primary N) is 1. The van der Waals surface area contributed by atoms with Crippen LogP contribution in [-0.4, -0.2) is 28.2 Å². The molecule has 8 nitrogen and oxygen atoms in total. The zero-order valence-corrected chi connectivity index (χ0v) is 14.5. The number of hydrogen-bond acceptors (Lipinski definition) is 7. The van der Waals surface area contributed by atoms with Crippen molar-refractivity contribution in [3.8, 4) is 11.5 Å². The first-order valence-electron chi connectivity index (χ1n) is 8.24. The first-order chi connectivity index (χ1) is 11.6. The topological polar surface area (TPSA) is 111 Å². The van der Waals surface area contributed by atoms with Crippen LogP contribution in [0.15, 0.2) is 22.7 Å². The molecule has 1 aliphatic carbocycles. The molecule has 1 saturated heterocycles. The molecule has 0 amide bonds. The van der Waals surface area contributed by atoms with Gasteiger partial charge in [0.2, 0.25) is 0 Å². The summed E-state index contributed by atoms with van der Waals surface area (Å²) in [5.74, 6) is 0.757. The second kappa shape index (κ2) is 6.61. The summed E-state index contributed by atoms with van der Waals surface area (Å²) in [5.41, 5.74) is 6.96. The Morgan fingerprint density at radius 2 is 1.96 bits per heavy atom. The summed E-state index contributed by atoms with van der Waals surface area (Å²) in [6.45, 7) is 1.70. The van der Waals surface area contributed by atoms with Crippen LogP contribution in [0.25, 0.3) is 11.5 Å². The Kier molecular flexibility index (Phi) is 4.66. The first-order valence-corrected chi connectivity index (χ1v) is 8.24. The zero-order valence-electron chi connectivity index (χ0n) is 13.7. The van der Waals surface area contributed by atoms with Crippen molar-refractivity contribution in [2.24, 2.45) is 5.73 Å². The average Bonchev–Trinajstić information content (AvgIpc) is 3.23. The maximum absolute atomic E-state index is 11.5. The van der Waals surface area contributed by atoms with Gasteiger partial charge in [-0.2, -0.15) is 4.98 Å². The Hall–Kier alpha value is -2.19. The lowest BCUT2D eigenvalue weighted by Gasteiger charge is -2.34. The fourth-order valence-electron chi connectivity index (χ4n) is 3.35. The molecule has 0 atom stereocenters. The van der Waals surface area contributed by atoms with Crippen molar-refractivity contribution in [1.82, 2.24) is 10.1 Å². The van der Waals surface area contributed by atoms with E-state index < -0.39 is 5.54 Å². The number of benzene rings is 1. The summed E-state index contributed by atoms with van der Waals surface area (Å²) >= 11 is 0. The molecule has 1 aromatic heterocycles. The minimum absolute atomic E-state index is 0. The van der Waals surface area contributed by atoms with Gasteiger partial charge in [-0.15, -0.1) is 12.4 Å². The molecule has 2 heterocycles. The van der Waals surface area contributed by atoms with Gasteiger partial charge in [-0.3, -0.25) is 10.1 Å². The predicted octanol–water partition coefficient (Wildman–Crippen LogP) is 3.00. The normalized spacial score (nSPS) is 18.5. The van der Waals surface area contributed by atoms with Crippen molar-refractivity contribution >= 4 is 23.8 Å². The highest BCUT2D eigenvalue weighted by molar-refractivity contribution is 5.85. The predicted molar refractivity (Wildman–Crippen MR) is 94.8 cm³/mol. The Morgan fingerprint density at radius 3 is 2.56 bits per heavy atom. The highest BCUT2D eigenvalue weighted by Crippen LogP contribution is 2.39. The van der Waals surface area contributed by atoms with Crippen molar-refractivity contribution in [3.63, 3.8) is 0 Å². The van der Waals surface area contributed by atoms with Crippen LogP contribution in [0.1, 0.15) is 37.9 Å². The number of nitrogens with zero attached hydrogens (tertiary/aromatic N) is 4. The number of rotatable bonds is 4. The van der Waals surface area contributed by atoms with E-state index in [9.17, 15) is 10.1 Å². The fourth-order valence-corrected chi connectivity index (χ4v) is 3.35. The van der Waals surface area contributed by atoms with Gasteiger partial charge in [0.05, 0.1) is 10.5 Å². The molecule has 1 saturated carbocycles. The Morgan fingerprint density at radius 1 is 1.24 bits per heavy atom. The molecule has 0 unspecified atom stereocenters. The molecular formula is C16H20ClN5O3.